The topological polar surface area (TPSA) is 35.5 Å². The van der Waals surface area contributed by atoms with Crippen LogP contribution in [0.2, 0.25) is 0 Å². The van der Waals surface area contributed by atoms with Crippen LogP contribution in [0.15, 0.2) is 0 Å². The van der Waals surface area contributed by atoms with E-state index in [1.54, 1.807) is 7.11 Å². The predicted molar refractivity (Wildman–Crippen MR) is 77.4 cm³/mol. The van der Waals surface area contributed by atoms with Crippen molar-refractivity contribution in [3.05, 3.63) is 0 Å². The van der Waals surface area contributed by atoms with Crippen molar-refractivity contribution in [3.63, 3.8) is 0 Å². The molecule has 0 amide bonds. The molecule has 1 atom stereocenters. The number of hydrogen-bond donors (Lipinski definition) is 0. The van der Waals surface area contributed by atoms with E-state index in [1.807, 2.05) is 6.92 Å². The molecule has 0 heterocycles. The molecule has 0 saturated heterocycles. The summed E-state index contributed by atoms with van der Waals surface area (Å²) in [4.78, 5) is 12.0. The second-order valence-electron chi connectivity index (χ2n) is 6.03. The first-order chi connectivity index (χ1) is 10.4. The monoisotopic (exact) mass is 324 g/mol. The summed E-state index contributed by atoms with van der Waals surface area (Å²) in [5, 5.41) is 0. The predicted octanol–water partition coefficient (Wildman–Crippen LogP) is 4.64. The maximum absolute atomic E-state index is 13.0. The summed E-state index contributed by atoms with van der Waals surface area (Å²) in [6.07, 6.45) is -0.968. The van der Waals surface area contributed by atoms with Gasteiger partial charge in [-0.25, -0.2) is 0 Å². The number of esters is 1. The molecule has 0 aromatic carbocycles. The van der Waals surface area contributed by atoms with E-state index >= 15 is 0 Å². The number of alkyl halides is 3. The van der Waals surface area contributed by atoms with Crippen LogP contribution in [-0.2, 0) is 14.3 Å². The number of carbonyl (C=O) groups is 1. The number of carbonyl (C=O) groups excluding carboxylic acids is 1. The maximum atomic E-state index is 13.0. The lowest BCUT2D eigenvalue weighted by molar-refractivity contribution is -0.225. The van der Waals surface area contributed by atoms with E-state index in [1.165, 1.54) is 0 Å². The molecule has 1 unspecified atom stereocenters. The smallest absolute Gasteiger partial charge is 0.425 e. The first-order valence-corrected chi connectivity index (χ1v) is 8.18. The Morgan fingerprint density at radius 3 is 2.27 bits per heavy atom. The van der Waals surface area contributed by atoms with Crippen molar-refractivity contribution in [2.75, 3.05) is 7.11 Å². The van der Waals surface area contributed by atoms with Crippen molar-refractivity contribution < 1.29 is 27.4 Å². The van der Waals surface area contributed by atoms with Gasteiger partial charge in [0.1, 0.15) is 0 Å². The summed E-state index contributed by atoms with van der Waals surface area (Å²) in [6.45, 7) is 2.00. The average molecular weight is 324 g/mol. The molecule has 6 heteroatoms. The molecule has 1 aliphatic carbocycles. The fraction of sp³-hybridized carbons (Fsp3) is 0.938. The number of rotatable bonds is 8. The Morgan fingerprint density at radius 2 is 1.77 bits per heavy atom. The Hall–Kier alpha value is -0.780. The van der Waals surface area contributed by atoms with Crippen molar-refractivity contribution in [2.45, 2.75) is 83.1 Å². The number of hydrogen-bond acceptors (Lipinski definition) is 3. The largest absolute Gasteiger partial charge is 0.452 e. The molecule has 1 aliphatic rings. The molecule has 3 nitrogen and oxygen atoms in total. The molecule has 1 fully saturated rings. The minimum atomic E-state index is -4.48. The highest BCUT2D eigenvalue weighted by molar-refractivity contribution is 5.72. The third-order valence-corrected chi connectivity index (χ3v) is 4.28. The van der Waals surface area contributed by atoms with Gasteiger partial charge in [-0.3, -0.25) is 4.79 Å². The van der Waals surface area contributed by atoms with Crippen molar-refractivity contribution in [3.8, 4) is 0 Å². The molecule has 22 heavy (non-hydrogen) atoms. The highest BCUT2D eigenvalue weighted by Gasteiger charge is 2.43. The Kier molecular flexibility index (Phi) is 8.21. The van der Waals surface area contributed by atoms with Crippen LogP contribution >= 0.6 is 0 Å². The number of unbranched alkanes of at least 4 members (excludes halogenated alkanes) is 3. The van der Waals surface area contributed by atoms with Gasteiger partial charge < -0.3 is 9.47 Å². The van der Waals surface area contributed by atoms with E-state index in [-0.39, 0.29) is 12.5 Å². The van der Waals surface area contributed by atoms with E-state index in [4.69, 9.17) is 9.47 Å². The van der Waals surface area contributed by atoms with Crippen LogP contribution in [0.1, 0.15) is 64.7 Å². The molecular formula is C16H27F3O3. The molecule has 0 N–H and O–H groups in total. The van der Waals surface area contributed by atoms with Gasteiger partial charge in [0, 0.05) is 7.11 Å². The zero-order valence-corrected chi connectivity index (χ0v) is 13.5. The fourth-order valence-corrected chi connectivity index (χ4v) is 2.82. The van der Waals surface area contributed by atoms with Crippen LogP contribution < -0.4 is 0 Å². The van der Waals surface area contributed by atoms with Crippen molar-refractivity contribution in [1.29, 1.82) is 0 Å². The summed E-state index contributed by atoms with van der Waals surface area (Å²) < 4.78 is 48.9. The van der Waals surface area contributed by atoms with E-state index < -0.39 is 24.2 Å². The Labute approximate surface area is 130 Å². The molecule has 0 radical (unpaired) electrons. The summed E-state index contributed by atoms with van der Waals surface area (Å²) >= 11 is 0. The van der Waals surface area contributed by atoms with Crippen LogP contribution in [0.3, 0.4) is 0 Å². The molecule has 0 spiro atoms. The van der Waals surface area contributed by atoms with Crippen molar-refractivity contribution >= 4 is 5.97 Å². The molecule has 1 rings (SSSR count). The van der Waals surface area contributed by atoms with Crippen LogP contribution in [0, 0.1) is 5.92 Å². The lowest BCUT2D eigenvalue weighted by atomic mass is 9.87. The van der Waals surface area contributed by atoms with Crippen LogP contribution in [0.5, 0.6) is 0 Å². The van der Waals surface area contributed by atoms with Gasteiger partial charge in [0.05, 0.1) is 12.0 Å². The van der Waals surface area contributed by atoms with Gasteiger partial charge in [-0.1, -0.05) is 26.2 Å². The Balaban J connectivity index is 2.45. The lowest BCUT2D eigenvalue weighted by Crippen LogP contribution is -2.37. The molecule has 0 aliphatic heterocycles. The number of ether oxygens (including phenoxy) is 2. The van der Waals surface area contributed by atoms with Gasteiger partial charge in [0.15, 0.2) is 6.10 Å². The van der Waals surface area contributed by atoms with Gasteiger partial charge in [-0.2, -0.15) is 13.2 Å². The van der Waals surface area contributed by atoms with Crippen LogP contribution in [-0.4, -0.2) is 31.5 Å². The summed E-state index contributed by atoms with van der Waals surface area (Å²) in [5.74, 6) is -1.13. The summed E-state index contributed by atoms with van der Waals surface area (Å²) in [7, 11) is 1.61. The third kappa shape index (κ3) is 6.55. The molecule has 0 aromatic rings. The molecule has 1 saturated carbocycles. The Bertz CT molecular complexity index is 323. The lowest BCUT2D eigenvalue weighted by Gasteiger charge is -2.28. The standard InChI is InChI=1S/C16H27F3O3/c1-3-4-5-6-7-14(16(17,18)19)22-15(20)12-8-10-13(21-2)11-9-12/h12-14H,3-11H2,1-2H3. The average Bonchev–Trinajstić information content (AvgIpc) is 2.49. The quantitative estimate of drug-likeness (QED) is 0.482. The second kappa shape index (κ2) is 9.38. The van der Waals surface area contributed by atoms with Crippen molar-refractivity contribution in [1.82, 2.24) is 0 Å². The first-order valence-electron chi connectivity index (χ1n) is 8.18. The highest BCUT2D eigenvalue weighted by Crippen LogP contribution is 2.31. The second-order valence-corrected chi connectivity index (χ2v) is 6.03. The van der Waals surface area contributed by atoms with E-state index in [9.17, 15) is 18.0 Å². The normalized spacial score (nSPS) is 24.0. The van der Waals surface area contributed by atoms with Gasteiger partial charge in [0.25, 0.3) is 0 Å². The fourth-order valence-electron chi connectivity index (χ4n) is 2.82. The van der Waals surface area contributed by atoms with Crippen LogP contribution in [0.4, 0.5) is 13.2 Å². The summed E-state index contributed by atoms with van der Waals surface area (Å²) in [6, 6.07) is 0. The van der Waals surface area contributed by atoms with Gasteiger partial charge >= 0.3 is 12.1 Å². The number of halogens is 3. The van der Waals surface area contributed by atoms with E-state index in [2.05, 4.69) is 0 Å². The van der Waals surface area contributed by atoms with Gasteiger partial charge in [-0.15, -0.1) is 0 Å². The first kappa shape index (κ1) is 19.3. The van der Waals surface area contributed by atoms with E-state index in [0.717, 1.165) is 19.3 Å². The van der Waals surface area contributed by atoms with Gasteiger partial charge in [-0.05, 0) is 38.5 Å². The third-order valence-electron chi connectivity index (χ3n) is 4.28. The maximum Gasteiger partial charge on any atom is 0.425 e. The zero-order valence-electron chi connectivity index (χ0n) is 13.5. The zero-order chi connectivity index (χ0) is 16.6. The molecule has 0 aromatic heterocycles. The van der Waals surface area contributed by atoms with E-state index in [0.29, 0.717) is 32.1 Å². The molecular weight excluding hydrogens is 297 g/mol. The van der Waals surface area contributed by atoms with Crippen molar-refractivity contribution in [2.24, 2.45) is 5.92 Å². The Morgan fingerprint density at radius 1 is 1.14 bits per heavy atom. The summed E-state index contributed by atoms with van der Waals surface area (Å²) in [5.41, 5.74) is 0. The SMILES string of the molecule is CCCCCCC(OC(=O)C1CCC(OC)CC1)C(F)(F)F. The van der Waals surface area contributed by atoms with Gasteiger partial charge in [0.2, 0.25) is 0 Å². The van der Waals surface area contributed by atoms with Crippen LogP contribution in [0.25, 0.3) is 0 Å². The molecule has 130 valence electrons. The minimum absolute atomic E-state index is 0.108. The highest BCUT2D eigenvalue weighted by atomic mass is 19.4. The molecule has 0 bridgehead atoms. The number of methoxy groups -OCH3 is 1. The minimum Gasteiger partial charge on any atom is -0.452 e.